The first-order chi connectivity index (χ1) is 9.37. The van der Waals surface area contributed by atoms with Crippen LogP contribution in [0.3, 0.4) is 0 Å². The fourth-order valence-corrected chi connectivity index (χ4v) is 2.83. The molecule has 0 amide bonds. The molecular weight excluding hydrogens is 313 g/mol. The molecule has 0 aliphatic carbocycles. The Labute approximate surface area is 118 Å². The molecule has 1 aliphatic heterocycles. The van der Waals surface area contributed by atoms with Crippen LogP contribution in [-0.4, -0.2) is 35.2 Å². The monoisotopic (exact) mass is 326 g/mol. The van der Waals surface area contributed by atoms with E-state index in [1.807, 2.05) is 0 Å². The van der Waals surface area contributed by atoms with Crippen molar-refractivity contribution in [1.29, 1.82) is 0 Å². The highest BCUT2D eigenvalue weighted by Gasteiger charge is 2.52. The van der Waals surface area contributed by atoms with Crippen LogP contribution in [0.25, 0.3) is 0 Å². The van der Waals surface area contributed by atoms with Gasteiger partial charge in [-0.3, -0.25) is 9.36 Å². The Morgan fingerprint density at radius 1 is 1.10 bits per heavy atom. The summed E-state index contributed by atoms with van der Waals surface area (Å²) < 4.78 is 61.6. The molecular formula is C10H13F3N4O3S. The van der Waals surface area contributed by atoms with Crippen LogP contribution in [0, 0.1) is 0 Å². The smallest absolute Gasteiger partial charge is 0.273 e. The van der Waals surface area contributed by atoms with Crippen molar-refractivity contribution in [2.75, 3.05) is 10.8 Å². The van der Waals surface area contributed by atoms with Crippen molar-refractivity contribution < 1.29 is 21.6 Å². The summed E-state index contributed by atoms with van der Waals surface area (Å²) in [4.78, 5) is 12.2. The molecule has 0 fully saturated rings. The molecule has 2 rings (SSSR count). The predicted octanol–water partition coefficient (Wildman–Crippen LogP) is 0.605. The zero-order valence-corrected chi connectivity index (χ0v) is 12.3. The minimum atomic E-state index is -5.58. The second kappa shape index (κ2) is 4.42. The number of alkyl halides is 3. The summed E-state index contributed by atoms with van der Waals surface area (Å²) in [7, 11) is -5.58. The Balaban J connectivity index is 2.59. The van der Waals surface area contributed by atoms with Gasteiger partial charge in [0.05, 0.1) is 6.54 Å². The van der Waals surface area contributed by atoms with Crippen molar-refractivity contribution in [2.45, 2.75) is 38.2 Å². The van der Waals surface area contributed by atoms with Gasteiger partial charge in [-0.1, -0.05) is 20.8 Å². The van der Waals surface area contributed by atoms with E-state index in [1.54, 1.807) is 20.8 Å². The van der Waals surface area contributed by atoms with Crippen molar-refractivity contribution >= 4 is 16.0 Å². The summed E-state index contributed by atoms with van der Waals surface area (Å²) >= 11 is 0. The lowest BCUT2D eigenvalue weighted by Gasteiger charge is -2.20. The third-order valence-corrected chi connectivity index (χ3v) is 4.48. The van der Waals surface area contributed by atoms with E-state index in [0.717, 1.165) is 4.57 Å². The second-order valence-corrected chi connectivity index (χ2v) is 7.43. The molecule has 0 N–H and O–H groups in total. The summed E-state index contributed by atoms with van der Waals surface area (Å²) in [5.41, 5.74) is -6.67. The molecule has 118 valence electrons. The number of nitrogens with zero attached hydrogens (tertiary/aromatic N) is 4. The average Bonchev–Trinajstić information content (AvgIpc) is 2.71. The van der Waals surface area contributed by atoms with Gasteiger partial charge in [0.25, 0.3) is 5.56 Å². The van der Waals surface area contributed by atoms with Gasteiger partial charge in [0.1, 0.15) is 5.69 Å². The highest BCUT2D eigenvalue weighted by molar-refractivity contribution is 7.93. The largest absolute Gasteiger partial charge is 0.516 e. The molecule has 0 saturated carbocycles. The summed E-state index contributed by atoms with van der Waals surface area (Å²) in [5, 5.41) is 7.12. The Kier molecular flexibility index (Phi) is 3.31. The molecule has 0 bridgehead atoms. The zero-order valence-electron chi connectivity index (χ0n) is 11.5. The van der Waals surface area contributed by atoms with Gasteiger partial charge in [-0.2, -0.15) is 21.6 Å². The van der Waals surface area contributed by atoms with Gasteiger partial charge in [0.15, 0.2) is 0 Å². The minimum absolute atomic E-state index is 0.0633. The summed E-state index contributed by atoms with van der Waals surface area (Å²) in [6, 6.07) is 0. The Morgan fingerprint density at radius 2 is 1.67 bits per heavy atom. The molecule has 21 heavy (non-hydrogen) atoms. The Bertz CT molecular complexity index is 733. The Hall–Kier alpha value is -1.65. The molecule has 0 atom stereocenters. The van der Waals surface area contributed by atoms with Crippen molar-refractivity contribution in [3.8, 4) is 0 Å². The summed E-state index contributed by atoms with van der Waals surface area (Å²) in [6.07, 6.45) is 0. The first-order valence-corrected chi connectivity index (χ1v) is 7.38. The number of anilines is 1. The normalized spacial score (nSPS) is 16.2. The lowest BCUT2D eigenvalue weighted by Crippen LogP contribution is -2.41. The molecule has 0 aromatic carbocycles. The van der Waals surface area contributed by atoms with Gasteiger partial charge < -0.3 is 0 Å². The average molecular weight is 326 g/mol. The van der Waals surface area contributed by atoms with E-state index in [-0.39, 0.29) is 16.5 Å². The van der Waals surface area contributed by atoms with Gasteiger partial charge >= 0.3 is 15.5 Å². The molecule has 0 spiro atoms. The zero-order chi connectivity index (χ0) is 16.2. The fourth-order valence-electron chi connectivity index (χ4n) is 1.91. The van der Waals surface area contributed by atoms with Crippen LogP contribution < -0.4 is 9.86 Å². The van der Waals surface area contributed by atoms with Crippen LogP contribution in [0.15, 0.2) is 4.79 Å². The first-order valence-electron chi connectivity index (χ1n) is 5.94. The maximum absolute atomic E-state index is 12.6. The number of sulfonamides is 1. The molecule has 1 aliphatic rings. The van der Waals surface area contributed by atoms with Crippen molar-refractivity contribution in [3.05, 3.63) is 16.0 Å². The van der Waals surface area contributed by atoms with Crippen LogP contribution in [0.2, 0.25) is 0 Å². The predicted molar refractivity (Wildman–Crippen MR) is 67.3 cm³/mol. The standard InChI is InChI=1S/C10H13F3N4O3S/c1-9(2,3)6-7(18)16-4-5-17(8(16)15-14-6)21(19,20)10(11,12)13/h4-5H2,1-3H3. The molecule has 0 unspecified atom stereocenters. The molecule has 1 aromatic heterocycles. The van der Waals surface area contributed by atoms with E-state index in [4.69, 9.17) is 0 Å². The van der Waals surface area contributed by atoms with E-state index in [9.17, 15) is 26.4 Å². The van der Waals surface area contributed by atoms with Gasteiger partial charge in [0.2, 0.25) is 5.95 Å². The van der Waals surface area contributed by atoms with Crippen LogP contribution in [0.5, 0.6) is 0 Å². The fraction of sp³-hybridized carbons (Fsp3) is 0.700. The molecule has 1 aromatic rings. The van der Waals surface area contributed by atoms with E-state index < -0.39 is 39.0 Å². The number of aromatic nitrogens is 3. The van der Waals surface area contributed by atoms with E-state index in [0.29, 0.717) is 0 Å². The molecule has 0 radical (unpaired) electrons. The van der Waals surface area contributed by atoms with Gasteiger partial charge in [-0.25, -0.2) is 4.31 Å². The third kappa shape index (κ3) is 2.39. The maximum Gasteiger partial charge on any atom is 0.516 e. The van der Waals surface area contributed by atoms with Gasteiger partial charge in [-0.05, 0) is 0 Å². The van der Waals surface area contributed by atoms with E-state index in [1.165, 1.54) is 0 Å². The molecule has 0 saturated heterocycles. The molecule has 7 nitrogen and oxygen atoms in total. The number of fused-ring (bicyclic) bond motifs is 1. The quantitative estimate of drug-likeness (QED) is 0.755. The minimum Gasteiger partial charge on any atom is -0.273 e. The summed E-state index contributed by atoms with van der Waals surface area (Å²) in [5.74, 6) is -0.606. The van der Waals surface area contributed by atoms with E-state index in [2.05, 4.69) is 10.2 Å². The highest BCUT2D eigenvalue weighted by atomic mass is 32.2. The van der Waals surface area contributed by atoms with Crippen LogP contribution in [0.4, 0.5) is 19.1 Å². The number of halogens is 3. The number of rotatable bonds is 1. The SMILES string of the molecule is CC(C)(C)c1nnc2n(c1=O)CCN2S(=O)(=O)C(F)(F)F. The molecule has 2 heterocycles. The third-order valence-electron chi connectivity index (χ3n) is 2.97. The highest BCUT2D eigenvalue weighted by Crippen LogP contribution is 2.31. The Morgan fingerprint density at radius 3 is 2.14 bits per heavy atom. The van der Waals surface area contributed by atoms with Gasteiger partial charge in [-0.15, -0.1) is 10.2 Å². The first kappa shape index (κ1) is 15.7. The lowest BCUT2D eigenvalue weighted by atomic mass is 9.93. The topological polar surface area (TPSA) is 85.2 Å². The van der Waals surface area contributed by atoms with Crippen LogP contribution in [-0.2, 0) is 22.0 Å². The van der Waals surface area contributed by atoms with Crippen LogP contribution in [0.1, 0.15) is 26.5 Å². The second-order valence-electron chi connectivity index (χ2n) is 5.58. The van der Waals surface area contributed by atoms with Crippen LogP contribution >= 0.6 is 0 Å². The van der Waals surface area contributed by atoms with E-state index >= 15 is 0 Å². The lowest BCUT2D eigenvalue weighted by molar-refractivity contribution is -0.0438. The number of hydrogen-bond acceptors (Lipinski definition) is 5. The van der Waals surface area contributed by atoms with Crippen molar-refractivity contribution in [1.82, 2.24) is 14.8 Å². The molecule has 11 heteroatoms. The van der Waals surface area contributed by atoms with Crippen molar-refractivity contribution in [3.63, 3.8) is 0 Å². The van der Waals surface area contributed by atoms with Gasteiger partial charge in [0, 0.05) is 12.0 Å². The summed E-state index contributed by atoms with van der Waals surface area (Å²) in [6.45, 7) is 4.40. The van der Waals surface area contributed by atoms with Crippen molar-refractivity contribution in [2.24, 2.45) is 0 Å². The number of hydrogen-bond donors (Lipinski definition) is 0. The maximum atomic E-state index is 12.6.